The van der Waals surface area contributed by atoms with E-state index in [0.29, 0.717) is 6.54 Å². The number of rotatable bonds is 5. The van der Waals surface area contributed by atoms with E-state index in [-0.39, 0.29) is 23.9 Å². The quantitative estimate of drug-likeness (QED) is 0.791. The third-order valence-electron chi connectivity index (χ3n) is 3.98. The van der Waals surface area contributed by atoms with Crippen LogP contribution in [0.5, 0.6) is 0 Å². The Bertz CT molecular complexity index is 342. The van der Waals surface area contributed by atoms with Crippen molar-refractivity contribution in [1.82, 2.24) is 10.2 Å². The Morgan fingerprint density at radius 1 is 1.47 bits per heavy atom. The van der Waals surface area contributed by atoms with Crippen molar-refractivity contribution >= 4 is 11.9 Å². The fraction of sp³-hybridized carbons (Fsp3) is 0.857. The van der Waals surface area contributed by atoms with E-state index < -0.39 is 11.9 Å². The molecular weight excluding hydrogens is 244 g/mol. The van der Waals surface area contributed by atoms with Gasteiger partial charge in [0.1, 0.15) is 0 Å². The Labute approximate surface area is 115 Å². The summed E-state index contributed by atoms with van der Waals surface area (Å²) in [5, 5.41) is 12.3. The number of amides is 1. The molecule has 1 fully saturated rings. The van der Waals surface area contributed by atoms with Crippen LogP contribution in [0.4, 0.5) is 0 Å². The minimum Gasteiger partial charge on any atom is -0.481 e. The van der Waals surface area contributed by atoms with E-state index in [4.69, 9.17) is 5.11 Å². The molecule has 1 saturated heterocycles. The topological polar surface area (TPSA) is 69.6 Å². The van der Waals surface area contributed by atoms with Crippen molar-refractivity contribution in [3.63, 3.8) is 0 Å². The largest absolute Gasteiger partial charge is 0.481 e. The molecule has 110 valence electrons. The van der Waals surface area contributed by atoms with Gasteiger partial charge in [-0.2, -0.15) is 0 Å². The lowest BCUT2D eigenvalue weighted by Gasteiger charge is -2.41. The van der Waals surface area contributed by atoms with E-state index in [1.54, 1.807) is 11.8 Å². The van der Waals surface area contributed by atoms with Gasteiger partial charge >= 0.3 is 5.97 Å². The van der Waals surface area contributed by atoms with E-state index in [1.165, 1.54) is 0 Å². The highest BCUT2D eigenvalue weighted by Crippen LogP contribution is 2.31. The summed E-state index contributed by atoms with van der Waals surface area (Å²) in [6.07, 6.45) is 2.09. The summed E-state index contributed by atoms with van der Waals surface area (Å²) in [6, 6.07) is -0.206. The summed E-state index contributed by atoms with van der Waals surface area (Å²) in [5.41, 5.74) is -0.0742. The Morgan fingerprint density at radius 2 is 2.11 bits per heavy atom. The molecule has 1 heterocycles. The molecule has 0 aromatic rings. The molecule has 0 bridgehead atoms. The molecule has 0 saturated carbocycles. The molecule has 5 nitrogen and oxygen atoms in total. The fourth-order valence-corrected chi connectivity index (χ4v) is 2.60. The Hall–Kier alpha value is -1.10. The molecule has 0 spiro atoms. The Kier molecular flexibility index (Phi) is 5.35. The van der Waals surface area contributed by atoms with Gasteiger partial charge in [0.2, 0.25) is 5.91 Å². The van der Waals surface area contributed by atoms with Crippen molar-refractivity contribution in [2.75, 3.05) is 19.6 Å². The highest BCUT2D eigenvalue weighted by atomic mass is 16.4. The molecular formula is C14H26N2O3. The molecule has 1 aliphatic rings. The minimum atomic E-state index is -0.859. The lowest BCUT2D eigenvalue weighted by atomic mass is 9.77. The second-order valence-electron chi connectivity index (χ2n) is 6.10. The van der Waals surface area contributed by atoms with E-state index in [1.807, 2.05) is 6.92 Å². The van der Waals surface area contributed by atoms with Gasteiger partial charge in [0.15, 0.2) is 0 Å². The van der Waals surface area contributed by atoms with Crippen LogP contribution in [0, 0.1) is 11.3 Å². The van der Waals surface area contributed by atoms with E-state index in [9.17, 15) is 9.59 Å². The first kappa shape index (κ1) is 16.0. The van der Waals surface area contributed by atoms with Crippen molar-refractivity contribution in [3.05, 3.63) is 0 Å². The zero-order valence-corrected chi connectivity index (χ0v) is 12.4. The molecule has 2 atom stereocenters. The van der Waals surface area contributed by atoms with Gasteiger partial charge in [-0.15, -0.1) is 0 Å². The van der Waals surface area contributed by atoms with E-state index in [2.05, 4.69) is 19.2 Å². The molecule has 0 aliphatic carbocycles. The molecule has 19 heavy (non-hydrogen) atoms. The van der Waals surface area contributed by atoms with Crippen molar-refractivity contribution in [1.29, 1.82) is 0 Å². The predicted molar refractivity (Wildman–Crippen MR) is 73.9 cm³/mol. The van der Waals surface area contributed by atoms with Crippen molar-refractivity contribution in [3.8, 4) is 0 Å². The third-order valence-corrected chi connectivity index (χ3v) is 3.98. The van der Waals surface area contributed by atoms with E-state index >= 15 is 0 Å². The summed E-state index contributed by atoms with van der Waals surface area (Å²) < 4.78 is 0. The zero-order valence-electron chi connectivity index (χ0n) is 12.4. The SMILES string of the molecule is CCN(CC(C)C(=O)O)C(=O)C1NCCCC1(C)C. The monoisotopic (exact) mass is 270 g/mol. The summed E-state index contributed by atoms with van der Waals surface area (Å²) in [5.74, 6) is -1.36. The van der Waals surface area contributed by atoms with Gasteiger partial charge in [0, 0.05) is 13.1 Å². The lowest BCUT2D eigenvalue weighted by molar-refractivity contribution is -0.144. The first-order valence-electron chi connectivity index (χ1n) is 7.04. The number of carbonyl (C=O) groups is 2. The van der Waals surface area contributed by atoms with Gasteiger partial charge in [-0.05, 0) is 31.7 Å². The van der Waals surface area contributed by atoms with Gasteiger partial charge in [-0.25, -0.2) is 0 Å². The number of hydrogen-bond donors (Lipinski definition) is 2. The van der Waals surface area contributed by atoms with E-state index in [0.717, 1.165) is 19.4 Å². The fourth-order valence-electron chi connectivity index (χ4n) is 2.60. The number of aliphatic carboxylic acids is 1. The average Bonchev–Trinajstić information content (AvgIpc) is 2.34. The number of hydrogen-bond acceptors (Lipinski definition) is 3. The maximum Gasteiger partial charge on any atom is 0.308 e. The number of carboxylic acid groups (broad SMARTS) is 1. The number of nitrogens with one attached hydrogen (secondary N) is 1. The van der Waals surface area contributed by atoms with Crippen LogP contribution < -0.4 is 5.32 Å². The number of piperidine rings is 1. The minimum absolute atomic E-state index is 0.0281. The first-order chi connectivity index (χ1) is 8.79. The van der Waals surface area contributed by atoms with Gasteiger partial charge in [-0.3, -0.25) is 9.59 Å². The standard InChI is InChI=1S/C14H26N2O3/c1-5-16(9-10(2)13(18)19)12(17)11-14(3,4)7-6-8-15-11/h10-11,15H,5-9H2,1-4H3,(H,18,19). The normalized spacial score (nSPS) is 23.7. The highest BCUT2D eigenvalue weighted by molar-refractivity contribution is 5.83. The van der Waals surface area contributed by atoms with Crippen LogP contribution in [0.15, 0.2) is 0 Å². The number of carbonyl (C=O) groups excluding carboxylic acids is 1. The molecule has 5 heteroatoms. The maximum absolute atomic E-state index is 12.6. The molecule has 1 rings (SSSR count). The van der Waals surface area contributed by atoms with Gasteiger partial charge < -0.3 is 15.3 Å². The highest BCUT2D eigenvalue weighted by Gasteiger charge is 2.39. The van der Waals surface area contributed by atoms with Gasteiger partial charge in [-0.1, -0.05) is 20.8 Å². The third kappa shape index (κ3) is 3.93. The van der Waals surface area contributed by atoms with Gasteiger partial charge in [0.25, 0.3) is 0 Å². The molecule has 1 amide bonds. The smallest absolute Gasteiger partial charge is 0.308 e. The van der Waals surface area contributed by atoms with Crippen LogP contribution in [0.3, 0.4) is 0 Å². The van der Waals surface area contributed by atoms with Gasteiger partial charge in [0.05, 0.1) is 12.0 Å². The van der Waals surface area contributed by atoms with Crippen LogP contribution in [-0.4, -0.2) is 47.6 Å². The number of carboxylic acids is 1. The van der Waals surface area contributed by atoms with Crippen LogP contribution in [-0.2, 0) is 9.59 Å². The lowest BCUT2D eigenvalue weighted by Crippen LogP contribution is -2.57. The second-order valence-corrected chi connectivity index (χ2v) is 6.10. The molecule has 0 radical (unpaired) electrons. The first-order valence-corrected chi connectivity index (χ1v) is 7.04. The van der Waals surface area contributed by atoms with Crippen LogP contribution in [0.25, 0.3) is 0 Å². The molecule has 0 aromatic heterocycles. The Morgan fingerprint density at radius 3 is 2.58 bits per heavy atom. The van der Waals surface area contributed by atoms with Crippen molar-refractivity contribution < 1.29 is 14.7 Å². The van der Waals surface area contributed by atoms with Crippen molar-refractivity contribution in [2.24, 2.45) is 11.3 Å². The second kappa shape index (κ2) is 6.37. The number of likely N-dealkylation sites (N-methyl/N-ethyl adjacent to an activating group) is 1. The Balaban J connectivity index is 2.74. The molecule has 1 aliphatic heterocycles. The summed E-state index contributed by atoms with van der Waals surface area (Å²) in [7, 11) is 0. The van der Waals surface area contributed by atoms with Crippen LogP contribution in [0.2, 0.25) is 0 Å². The number of nitrogens with zero attached hydrogens (tertiary/aromatic N) is 1. The summed E-state index contributed by atoms with van der Waals surface area (Å²) in [6.45, 7) is 9.39. The van der Waals surface area contributed by atoms with Crippen molar-refractivity contribution in [2.45, 2.75) is 46.6 Å². The van der Waals surface area contributed by atoms with Crippen LogP contribution in [0.1, 0.15) is 40.5 Å². The summed E-state index contributed by atoms with van der Waals surface area (Å²) >= 11 is 0. The molecule has 2 unspecified atom stereocenters. The molecule has 0 aromatic carbocycles. The zero-order chi connectivity index (χ0) is 14.6. The predicted octanol–water partition coefficient (Wildman–Crippen LogP) is 1.33. The summed E-state index contributed by atoms with van der Waals surface area (Å²) in [4.78, 5) is 25.2. The average molecular weight is 270 g/mol. The molecule has 2 N–H and O–H groups in total. The van der Waals surface area contributed by atoms with Crippen LogP contribution >= 0.6 is 0 Å². The maximum atomic E-state index is 12.6.